The van der Waals surface area contributed by atoms with Gasteiger partial charge in [0.2, 0.25) is 0 Å². The van der Waals surface area contributed by atoms with Crippen molar-refractivity contribution < 1.29 is 9.53 Å². The zero-order chi connectivity index (χ0) is 19.4. The number of carbonyl (C=O) groups is 1. The van der Waals surface area contributed by atoms with Crippen molar-refractivity contribution in [3.8, 4) is 5.75 Å². The number of hydrogen-bond donors (Lipinski definition) is 1. The van der Waals surface area contributed by atoms with Gasteiger partial charge in [-0.05, 0) is 63.0 Å². The minimum atomic E-state index is -0.267. The molecule has 0 atom stereocenters. The van der Waals surface area contributed by atoms with Crippen molar-refractivity contribution >= 4 is 49.4 Å². The molecule has 0 bridgehead atoms. The number of aryl methyl sites for hydroxylation is 1. The summed E-state index contributed by atoms with van der Waals surface area (Å²) in [6, 6.07) is 6.89. The van der Waals surface area contributed by atoms with E-state index in [1.807, 2.05) is 11.6 Å². The van der Waals surface area contributed by atoms with E-state index in [0.717, 1.165) is 21.2 Å². The smallest absolute Gasteiger partial charge is 0.272 e. The minimum absolute atomic E-state index is 0.168. The molecule has 27 heavy (non-hydrogen) atoms. The SMILES string of the molecule is CCn1ncc(Br)c1CNC(=O)c1ccn(COc2ccc(Cl)cc2Br)n1. The fourth-order valence-corrected chi connectivity index (χ4v) is 3.61. The van der Waals surface area contributed by atoms with Gasteiger partial charge in [-0.3, -0.25) is 9.48 Å². The zero-order valence-electron chi connectivity index (χ0n) is 14.3. The molecule has 3 aromatic rings. The number of nitrogens with zero attached hydrogens (tertiary/aromatic N) is 4. The van der Waals surface area contributed by atoms with Gasteiger partial charge in [0.15, 0.2) is 6.73 Å². The molecule has 1 N–H and O–H groups in total. The van der Waals surface area contributed by atoms with Gasteiger partial charge in [-0.1, -0.05) is 11.6 Å². The second-order valence-corrected chi connectivity index (χ2v) is 7.67. The molecule has 10 heteroatoms. The van der Waals surface area contributed by atoms with Crippen LogP contribution in [-0.2, 0) is 19.8 Å². The summed E-state index contributed by atoms with van der Waals surface area (Å²) in [4.78, 5) is 12.3. The van der Waals surface area contributed by atoms with Gasteiger partial charge in [0.05, 0.1) is 27.4 Å². The van der Waals surface area contributed by atoms with Crippen molar-refractivity contribution in [3.05, 3.63) is 62.0 Å². The van der Waals surface area contributed by atoms with Gasteiger partial charge in [-0.15, -0.1) is 0 Å². The van der Waals surface area contributed by atoms with Crippen molar-refractivity contribution in [2.45, 2.75) is 26.7 Å². The average molecular weight is 518 g/mol. The Hall–Kier alpha value is -1.84. The molecule has 3 rings (SSSR count). The molecule has 2 heterocycles. The Morgan fingerprint density at radius 2 is 2.11 bits per heavy atom. The number of halogens is 3. The van der Waals surface area contributed by atoms with Gasteiger partial charge in [-0.25, -0.2) is 4.68 Å². The van der Waals surface area contributed by atoms with Crippen LogP contribution < -0.4 is 10.1 Å². The summed E-state index contributed by atoms with van der Waals surface area (Å²) in [6.07, 6.45) is 3.40. The molecule has 0 saturated carbocycles. The number of nitrogens with one attached hydrogen (secondary N) is 1. The van der Waals surface area contributed by atoms with Crippen LogP contribution in [0.1, 0.15) is 23.1 Å². The lowest BCUT2D eigenvalue weighted by Gasteiger charge is -2.08. The highest BCUT2D eigenvalue weighted by Gasteiger charge is 2.13. The maximum absolute atomic E-state index is 12.3. The number of aromatic nitrogens is 4. The van der Waals surface area contributed by atoms with E-state index in [1.54, 1.807) is 41.3 Å². The van der Waals surface area contributed by atoms with Crippen molar-refractivity contribution in [2.75, 3.05) is 0 Å². The van der Waals surface area contributed by atoms with Crippen LogP contribution in [0.4, 0.5) is 0 Å². The van der Waals surface area contributed by atoms with E-state index < -0.39 is 0 Å². The first-order valence-electron chi connectivity index (χ1n) is 8.07. The molecule has 0 radical (unpaired) electrons. The number of ether oxygens (including phenoxy) is 1. The van der Waals surface area contributed by atoms with Gasteiger partial charge in [0.25, 0.3) is 5.91 Å². The first-order valence-corrected chi connectivity index (χ1v) is 10.0. The summed E-state index contributed by atoms with van der Waals surface area (Å²) >= 11 is 12.7. The van der Waals surface area contributed by atoms with Crippen LogP contribution in [-0.4, -0.2) is 25.5 Å². The molecule has 0 aliphatic carbocycles. The summed E-state index contributed by atoms with van der Waals surface area (Å²) in [5.41, 5.74) is 1.22. The molecule has 1 aromatic carbocycles. The minimum Gasteiger partial charge on any atom is -0.470 e. The molecule has 142 valence electrons. The Labute approximate surface area is 177 Å². The molecule has 7 nitrogen and oxygen atoms in total. The highest BCUT2D eigenvalue weighted by atomic mass is 79.9. The maximum atomic E-state index is 12.3. The van der Waals surface area contributed by atoms with E-state index in [9.17, 15) is 4.79 Å². The largest absolute Gasteiger partial charge is 0.470 e. The predicted molar refractivity (Wildman–Crippen MR) is 109 cm³/mol. The van der Waals surface area contributed by atoms with Crippen LogP contribution in [0.2, 0.25) is 5.02 Å². The normalized spacial score (nSPS) is 10.8. The van der Waals surface area contributed by atoms with E-state index in [4.69, 9.17) is 16.3 Å². The number of hydrogen-bond acceptors (Lipinski definition) is 4. The Bertz CT molecular complexity index is 957. The second kappa shape index (κ2) is 8.90. The summed E-state index contributed by atoms with van der Waals surface area (Å²) in [6.45, 7) is 3.24. The van der Waals surface area contributed by atoms with Crippen LogP contribution >= 0.6 is 43.5 Å². The van der Waals surface area contributed by atoms with E-state index in [2.05, 4.69) is 47.4 Å². The molecule has 0 aliphatic rings. The molecule has 0 fully saturated rings. The predicted octanol–water partition coefficient (Wildman–Crippen LogP) is 4.24. The van der Waals surface area contributed by atoms with Crippen molar-refractivity contribution in [2.24, 2.45) is 0 Å². The maximum Gasteiger partial charge on any atom is 0.272 e. The van der Waals surface area contributed by atoms with Crippen molar-refractivity contribution in [1.82, 2.24) is 24.9 Å². The van der Waals surface area contributed by atoms with E-state index in [-0.39, 0.29) is 12.6 Å². The van der Waals surface area contributed by atoms with Crippen molar-refractivity contribution in [3.63, 3.8) is 0 Å². The first kappa shape index (κ1) is 19.9. The molecule has 1 amide bonds. The fourth-order valence-electron chi connectivity index (χ4n) is 2.37. The highest BCUT2D eigenvalue weighted by Crippen LogP contribution is 2.28. The zero-order valence-corrected chi connectivity index (χ0v) is 18.3. The van der Waals surface area contributed by atoms with Gasteiger partial charge in [-0.2, -0.15) is 10.2 Å². The lowest BCUT2D eigenvalue weighted by Crippen LogP contribution is -2.25. The van der Waals surface area contributed by atoms with Gasteiger partial charge < -0.3 is 10.1 Å². The number of carbonyl (C=O) groups excluding carboxylic acids is 1. The molecule has 0 aliphatic heterocycles. The molecular formula is C17H16Br2ClN5O2. The molecule has 0 unspecified atom stereocenters. The summed E-state index contributed by atoms with van der Waals surface area (Å²) < 4.78 is 10.7. The molecule has 2 aromatic heterocycles. The Morgan fingerprint density at radius 3 is 2.85 bits per heavy atom. The highest BCUT2D eigenvalue weighted by molar-refractivity contribution is 9.10. The quantitative estimate of drug-likeness (QED) is 0.509. The van der Waals surface area contributed by atoms with E-state index >= 15 is 0 Å². The summed E-state index contributed by atoms with van der Waals surface area (Å²) in [5, 5.41) is 11.9. The summed E-state index contributed by atoms with van der Waals surface area (Å²) in [7, 11) is 0. The third-order valence-electron chi connectivity index (χ3n) is 3.73. The average Bonchev–Trinajstić information content (AvgIpc) is 3.25. The molecular weight excluding hydrogens is 501 g/mol. The lowest BCUT2D eigenvalue weighted by atomic mass is 10.3. The molecule has 0 saturated heterocycles. The molecule has 0 spiro atoms. The fraction of sp³-hybridized carbons (Fsp3) is 0.235. The first-order chi connectivity index (χ1) is 13.0. The van der Waals surface area contributed by atoms with Crippen LogP contribution in [0.3, 0.4) is 0 Å². The number of amides is 1. The van der Waals surface area contributed by atoms with Crippen molar-refractivity contribution in [1.29, 1.82) is 0 Å². The Balaban J connectivity index is 1.58. The topological polar surface area (TPSA) is 74.0 Å². The Morgan fingerprint density at radius 1 is 1.30 bits per heavy atom. The van der Waals surface area contributed by atoms with Gasteiger partial charge >= 0.3 is 0 Å². The number of benzene rings is 1. The van der Waals surface area contributed by atoms with Crippen LogP contribution in [0.5, 0.6) is 5.75 Å². The van der Waals surface area contributed by atoms with Gasteiger partial charge in [0, 0.05) is 17.8 Å². The van der Waals surface area contributed by atoms with Crippen LogP contribution in [0.25, 0.3) is 0 Å². The monoisotopic (exact) mass is 515 g/mol. The van der Waals surface area contributed by atoms with Crippen LogP contribution in [0, 0.1) is 0 Å². The van der Waals surface area contributed by atoms with E-state index in [1.165, 1.54) is 0 Å². The standard InChI is InChI=1S/C17H16Br2ClN5O2/c1-2-25-15(13(19)8-22-25)9-21-17(26)14-5-6-24(23-14)10-27-16-4-3-11(20)7-12(16)18/h3-8H,2,9-10H2,1H3,(H,21,26). The second-order valence-electron chi connectivity index (χ2n) is 5.53. The van der Waals surface area contributed by atoms with Crippen LogP contribution in [0.15, 0.2) is 45.6 Å². The third kappa shape index (κ3) is 4.91. The van der Waals surface area contributed by atoms with E-state index in [0.29, 0.717) is 23.0 Å². The summed E-state index contributed by atoms with van der Waals surface area (Å²) in [5.74, 6) is 0.371. The number of rotatable bonds is 7. The van der Waals surface area contributed by atoms with Gasteiger partial charge in [0.1, 0.15) is 11.4 Å². The Kier molecular flexibility index (Phi) is 6.56. The lowest BCUT2D eigenvalue weighted by molar-refractivity contribution is 0.0942. The third-order valence-corrected chi connectivity index (χ3v) is 5.25.